The lowest BCUT2D eigenvalue weighted by Crippen LogP contribution is -2.39. The molecule has 3 aromatic rings. The maximum atomic E-state index is 12.3. The lowest BCUT2D eigenvalue weighted by molar-refractivity contribution is -0.121. The van der Waals surface area contributed by atoms with E-state index in [9.17, 15) is 13.2 Å². The number of para-hydroxylation sites is 1. The van der Waals surface area contributed by atoms with E-state index in [2.05, 4.69) is 5.32 Å². The molecule has 29 heavy (non-hydrogen) atoms. The monoisotopic (exact) mass is 430 g/mol. The van der Waals surface area contributed by atoms with Gasteiger partial charge in [0.2, 0.25) is 5.91 Å². The first-order valence-electron chi connectivity index (χ1n) is 9.02. The minimum atomic E-state index is -3.64. The minimum Gasteiger partial charge on any atom is -0.491 e. The largest absolute Gasteiger partial charge is 0.491 e. The standard InChI is InChI=1S/C21H22N2O4S2/c1-23(29(25,26)21-12-7-15-28-21)16-20(24)22-13-14-27-19-11-6-5-10-18(19)17-8-3-2-4-9-17/h2-12,15H,13-14,16H2,1H3,(H,22,24). The highest BCUT2D eigenvalue weighted by atomic mass is 32.2. The Morgan fingerprint density at radius 3 is 2.48 bits per heavy atom. The molecule has 8 heteroatoms. The van der Waals surface area contributed by atoms with Crippen molar-refractivity contribution in [2.24, 2.45) is 0 Å². The van der Waals surface area contributed by atoms with Gasteiger partial charge in [0.15, 0.2) is 0 Å². The van der Waals surface area contributed by atoms with Crippen molar-refractivity contribution in [2.45, 2.75) is 4.21 Å². The molecule has 3 rings (SSSR count). The van der Waals surface area contributed by atoms with Crippen molar-refractivity contribution in [3.8, 4) is 16.9 Å². The molecule has 1 amide bonds. The number of hydrogen-bond acceptors (Lipinski definition) is 5. The highest BCUT2D eigenvalue weighted by Gasteiger charge is 2.23. The number of likely N-dealkylation sites (N-methyl/N-ethyl adjacent to an activating group) is 1. The molecule has 1 heterocycles. The minimum absolute atomic E-state index is 0.216. The lowest BCUT2D eigenvalue weighted by atomic mass is 10.1. The fourth-order valence-electron chi connectivity index (χ4n) is 2.71. The van der Waals surface area contributed by atoms with Crippen molar-refractivity contribution in [1.29, 1.82) is 0 Å². The van der Waals surface area contributed by atoms with Gasteiger partial charge in [-0.25, -0.2) is 8.42 Å². The van der Waals surface area contributed by atoms with E-state index in [1.165, 1.54) is 13.1 Å². The summed E-state index contributed by atoms with van der Waals surface area (Å²) < 4.78 is 31.8. The van der Waals surface area contributed by atoms with Crippen LogP contribution < -0.4 is 10.1 Å². The summed E-state index contributed by atoms with van der Waals surface area (Å²) >= 11 is 1.12. The molecule has 0 fully saturated rings. The number of amides is 1. The molecule has 0 saturated heterocycles. The Bertz CT molecular complexity index is 1040. The zero-order chi connectivity index (χ0) is 20.7. The number of rotatable bonds is 9. The Hall–Kier alpha value is -2.68. The molecule has 0 saturated carbocycles. The molecule has 0 aliphatic rings. The fourth-order valence-corrected chi connectivity index (χ4v) is 5.04. The van der Waals surface area contributed by atoms with Gasteiger partial charge in [-0.15, -0.1) is 11.3 Å². The summed E-state index contributed by atoms with van der Waals surface area (Å²) in [6, 6.07) is 20.8. The summed E-state index contributed by atoms with van der Waals surface area (Å²) in [4.78, 5) is 12.1. The first-order valence-corrected chi connectivity index (χ1v) is 11.3. The van der Waals surface area contributed by atoms with Gasteiger partial charge < -0.3 is 10.1 Å². The van der Waals surface area contributed by atoms with Gasteiger partial charge in [-0.1, -0.05) is 54.6 Å². The summed E-state index contributed by atoms with van der Waals surface area (Å²) in [5.41, 5.74) is 2.02. The van der Waals surface area contributed by atoms with Crippen LogP contribution in [-0.2, 0) is 14.8 Å². The van der Waals surface area contributed by atoms with Crippen LogP contribution in [0.1, 0.15) is 0 Å². The third-order valence-corrected chi connectivity index (χ3v) is 7.36. The predicted molar refractivity (Wildman–Crippen MR) is 115 cm³/mol. The molecule has 0 radical (unpaired) electrons. The SMILES string of the molecule is CN(CC(=O)NCCOc1ccccc1-c1ccccc1)S(=O)(=O)c1cccs1. The smallest absolute Gasteiger partial charge is 0.252 e. The normalized spacial score (nSPS) is 11.4. The van der Waals surface area contributed by atoms with Crippen LogP contribution in [0.3, 0.4) is 0 Å². The third-order valence-electron chi connectivity index (χ3n) is 4.18. The Morgan fingerprint density at radius 1 is 1.03 bits per heavy atom. The van der Waals surface area contributed by atoms with Crippen LogP contribution in [0, 0.1) is 0 Å². The fraction of sp³-hybridized carbons (Fsp3) is 0.190. The van der Waals surface area contributed by atoms with Gasteiger partial charge >= 0.3 is 0 Å². The number of thiophene rings is 1. The van der Waals surface area contributed by atoms with Crippen molar-refractivity contribution in [3.63, 3.8) is 0 Å². The quantitative estimate of drug-likeness (QED) is 0.529. The number of nitrogens with zero attached hydrogens (tertiary/aromatic N) is 1. The Kier molecular flexibility index (Phi) is 7.03. The van der Waals surface area contributed by atoms with Crippen molar-refractivity contribution in [2.75, 3.05) is 26.7 Å². The van der Waals surface area contributed by atoms with Gasteiger partial charge in [0.1, 0.15) is 16.6 Å². The molecule has 1 aromatic heterocycles. The topological polar surface area (TPSA) is 75.7 Å². The Morgan fingerprint density at radius 2 is 1.76 bits per heavy atom. The molecule has 0 aliphatic carbocycles. The molecular weight excluding hydrogens is 408 g/mol. The van der Waals surface area contributed by atoms with Crippen LogP contribution >= 0.6 is 11.3 Å². The molecular formula is C21H22N2O4S2. The van der Waals surface area contributed by atoms with Gasteiger partial charge in [0.25, 0.3) is 10.0 Å². The lowest BCUT2D eigenvalue weighted by Gasteiger charge is -2.16. The van der Waals surface area contributed by atoms with E-state index in [4.69, 9.17) is 4.74 Å². The van der Waals surface area contributed by atoms with Crippen LogP contribution in [0.4, 0.5) is 0 Å². The van der Waals surface area contributed by atoms with E-state index in [1.54, 1.807) is 11.4 Å². The van der Waals surface area contributed by atoms with Crippen molar-refractivity contribution in [1.82, 2.24) is 9.62 Å². The third kappa shape index (κ3) is 5.44. The zero-order valence-electron chi connectivity index (χ0n) is 15.9. The van der Waals surface area contributed by atoms with Gasteiger partial charge in [0, 0.05) is 12.6 Å². The number of carbonyl (C=O) groups is 1. The summed E-state index contributed by atoms with van der Waals surface area (Å²) in [7, 11) is -2.25. The Balaban J connectivity index is 1.50. The molecule has 1 N–H and O–H groups in total. The summed E-state index contributed by atoms with van der Waals surface area (Å²) in [5.74, 6) is 0.345. The average molecular weight is 431 g/mol. The zero-order valence-corrected chi connectivity index (χ0v) is 17.6. The molecule has 6 nitrogen and oxygen atoms in total. The van der Waals surface area contributed by atoms with Crippen molar-refractivity contribution < 1.29 is 17.9 Å². The van der Waals surface area contributed by atoms with E-state index in [1.807, 2.05) is 54.6 Å². The van der Waals surface area contributed by atoms with E-state index in [0.29, 0.717) is 0 Å². The van der Waals surface area contributed by atoms with Crippen LogP contribution in [0.2, 0.25) is 0 Å². The maximum absolute atomic E-state index is 12.3. The van der Waals surface area contributed by atoms with E-state index < -0.39 is 10.0 Å². The highest BCUT2D eigenvalue weighted by molar-refractivity contribution is 7.91. The van der Waals surface area contributed by atoms with Gasteiger partial charge in [-0.2, -0.15) is 4.31 Å². The first kappa shape index (κ1) is 21.0. The van der Waals surface area contributed by atoms with E-state index in [-0.39, 0.29) is 29.8 Å². The van der Waals surface area contributed by atoms with Crippen molar-refractivity contribution in [3.05, 3.63) is 72.1 Å². The molecule has 0 spiro atoms. The molecule has 2 aromatic carbocycles. The second-order valence-corrected chi connectivity index (χ2v) is 9.47. The van der Waals surface area contributed by atoms with Crippen LogP contribution in [0.15, 0.2) is 76.3 Å². The number of hydrogen-bond donors (Lipinski definition) is 1. The number of carbonyl (C=O) groups excluding carboxylic acids is 1. The van der Waals surface area contributed by atoms with Crippen LogP contribution in [-0.4, -0.2) is 45.4 Å². The average Bonchev–Trinajstić information content (AvgIpc) is 3.28. The van der Waals surface area contributed by atoms with Crippen LogP contribution in [0.25, 0.3) is 11.1 Å². The number of sulfonamides is 1. The maximum Gasteiger partial charge on any atom is 0.252 e. The Labute approximate surface area is 174 Å². The van der Waals surface area contributed by atoms with E-state index >= 15 is 0 Å². The molecule has 0 unspecified atom stereocenters. The number of benzene rings is 2. The molecule has 0 aliphatic heterocycles. The second kappa shape index (κ2) is 9.69. The first-order chi connectivity index (χ1) is 14.0. The number of nitrogens with one attached hydrogen (secondary N) is 1. The summed E-state index contributed by atoms with van der Waals surface area (Å²) in [6.45, 7) is 0.298. The predicted octanol–water partition coefficient (Wildman–Crippen LogP) is 3.23. The molecule has 0 atom stereocenters. The highest BCUT2D eigenvalue weighted by Crippen LogP contribution is 2.29. The van der Waals surface area contributed by atoms with Gasteiger partial charge in [-0.05, 0) is 23.1 Å². The summed E-state index contributed by atoms with van der Waals surface area (Å²) in [5, 5.41) is 4.38. The molecule has 0 bridgehead atoms. The molecule has 152 valence electrons. The summed E-state index contributed by atoms with van der Waals surface area (Å²) in [6.07, 6.45) is 0. The van der Waals surface area contributed by atoms with E-state index in [0.717, 1.165) is 32.5 Å². The number of ether oxygens (including phenoxy) is 1. The van der Waals surface area contributed by atoms with Gasteiger partial charge in [0.05, 0.1) is 13.1 Å². The second-order valence-electron chi connectivity index (χ2n) is 6.25. The van der Waals surface area contributed by atoms with Crippen molar-refractivity contribution >= 4 is 27.3 Å². The van der Waals surface area contributed by atoms with Gasteiger partial charge in [-0.3, -0.25) is 4.79 Å². The van der Waals surface area contributed by atoms with Crippen LogP contribution in [0.5, 0.6) is 5.75 Å².